The number of carbonyl (C=O) groups is 1. The number of rotatable bonds is 5. The standard InChI is InChI=1S/C10H15N3O3/c1-6(3-10(15)16)5-11-8-4-9(14)13-7(2)12-8/h4,6H,3,5H2,1-2H3,(H,15,16)(H2,11,12,13,14). The third-order valence-corrected chi connectivity index (χ3v) is 2.01. The maximum Gasteiger partial charge on any atom is 0.303 e. The SMILES string of the molecule is Cc1nc(NCC(C)CC(=O)O)cc(=O)[nH]1. The van der Waals surface area contributed by atoms with Crippen LogP contribution in [0.4, 0.5) is 5.82 Å². The van der Waals surface area contributed by atoms with Crippen molar-refractivity contribution in [3.63, 3.8) is 0 Å². The minimum atomic E-state index is -0.829. The van der Waals surface area contributed by atoms with E-state index in [0.29, 0.717) is 18.2 Å². The predicted octanol–water partition coefficient (Wildman–Crippen LogP) is 0.601. The molecule has 0 aromatic carbocycles. The van der Waals surface area contributed by atoms with Crippen LogP contribution in [0.3, 0.4) is 0 Å². The van der Waals surface area contributed by atoms with E-state index in [1.807, 2.05) is 6.92 Å². The van der Waals surface area contributed by atoms with Gasteiger partial charge in [-0.3, -0.25) is 9.59 Å². The van der Waals surface area contributed by atoms with Gasteiger partial charge in [0, 0.05) is 19.0 Å². The normalized spacial score (nSPS) is 12.1. The third-order valence-electron chi connectivity index (χ3n) is 2.01. The smallest absolute Gasteiger partial charge is 0.303 e. The Kier molecular flexibility index (Phi) is 4.04. The highest BCUT2D eigenvalue weighted by Crippen LogP contribution is 2.04. The molecule has 16 heavy (non-hydrogen) atoms. The van der Waals surface area contributed by atoms with Crippen LogP contribution in [-0.4, -0.2) is 27.6 Å². The van der Waals surface area contributed by atoms with Gasteiger partial charge in [0.15, 0.2) is 0 Å². The summed E-state index contributed by atoms with van der Waals surface area (Å²) in [4.78, 5) is 28.1. The zero-order valence-corrected chi connectivity index (χ0v) is 9.28. The molecule has 0 bridgehead atoms. The Balaban J connectivity index is 2.54. The molecule has 1 atom stereocenters. The molecule has 88 valence electrons. The molecule has 1 aromatic heterocycles. The largest absolute Gasteiger partial charge is 0.481 e. The van der Waals surface area contributed by atoms with Crippen molar-refractivity contribution in [1.82, 2.24) is 9.97 Å². The van der Waals surface area contributed by atoms with Crippen molar-refractivity contribution in [2.75, 3.05) is 11.9 Å². The molecule has 0 spiro atoms. The van der Waals surface area contributed by atoms with Crippen LogP contribution in [0.1, 0.15) is 19.2 Å². The van der Waals surface area contributed by atoms with E-state index in [1.54, 1.807) is 6.92 Å². The van der Waals surface area contributed by atoms with E-state index < -0.39 is 5.97 Å². The van der Waals surface area contributed by atoms with Gasteiger partial charge in [-0.2, -0.15) is 0 Å². The zero-order valence-electron chi connectivity index (χ0n) is 9.28. The van der Waals surface area contributed by atoms with Gasteiger partial charge in [0.1, 0.15) is 11.6 Å². The second-order valence-corrected chi connectivity index (χ2v) is 3.80. The quantitative estimate of drug-likeness (QED) is 0.682. The minimum Gasteiger partial charge on any atom is -0.481 e. The summed E-state index contributed by atoms with van der Waals surface area (Å²) in [6.07, 6.45) is 0.0924. The lowest BCUT2D eigenvalue weighted by molar-refractivity contribution is -0.137. The van der Waals surface area contributed by atoms with E-state index in [2.05, 4.69) is 15.3 Å². The summed E-state index contributed by atoms with van der Waals surface area (Å²) >= 11 is 0. The van der Waals surface area contributed by atoms with Crippen molar-refractivity contribution >= 4 is 11.8 Å². The van der Waals surface area contributed by atoms with Gasteiger partial charge in [-0.15, -0.1) is 0 Å². The fourth-order valence-electron chi connectivity index (χ4n) is 1.32. The van der Waals surface area contributed by atoms with Crippen molar-refractivity contribution in [2.24, 2.45) is 5.92 Å². The molecule has 0 aliphatic heterocycles. The summed E-state index contributed by atoms with van der Waals surface area (Å²) in [5, 5.41) is 11.5. The number of nitrogens with one attached hydrogen (secondary N) is 2. The molecular formula is C10H15N3O3. The first-order valence-electron chi connectivity index (χ1n) is 5.01. The molecule has 0 aliphatic rings. The molecule has 1 unspecified atom stereocenters. The van der Waals surface area contributed by atoms with Crippen molar-refractivity contribution in [2.45, 2.75) is 20.3 Å². The van der Waals surface area contributed by atoms with E-state index >= 15 is 0 Å². The van der Waals surface area contributed by atoms with Crippen molar-refractivity contribution < 1.29 is 9.90 Å². The molecule has 6 nitrogen and oxygen atoms in total. The van der Waals surface area contributed by atoms with Crippen LogP contribution in [0.25, 0.3) is 0 Å². The number of hydrogen-bond donors (Lipinski definition) is 3. The van der Waals surface area contributed by atoms with Gasteiger partial charge in [0.05, 0.1) is 0 Å². The average molecular weight is 225 g/mol. The first kappa shape index (κ1) is 12.2. The molecule has 0 aliphatic carbocycles. The number of aliphatic carboxylic acids is 1. The first-order chi connectivity index (χ1) is 7.47. The molecule has 0 radical (unpaired) electrons. The number of nitrogens with zero attached hydrogens (tertiary/aromatic N) is 1. The molecule has 0 fully saturated rings. The molecular weight excluding hydrogens is 210 g/mol. The molecule has 3 N–H and O–H groups in total. The Morgan fingerprint density at radius 1 is 1.69 bits per heavy atom. The highest BCUT2D eigenvalue weighted by molar-refractivity contribution is 5.67. The van der Waals surface area contributed by atoms with Crippen molar-refractivity contribution in [3.05, 3.63) is 22.2 Å². The number of aryl methyl sites for hydroxylation is 1. The van der Waals surface area contributed by atoms with Crippen molar-refractivity contribution in [1.29, 1.82) is 0 Å². The van der Waals surface area contributed by atoms with Gasteiger partial charge >= 0.3 is 5.97 Å². The van der Waals surface area contributed by atoms with Gasteiger partial charge in [-0.1, -0.05) is 6.92 Å². The van der Waals surface area contributed by atoms with E-state index in [9.17, 15) is 9.59 Å². The summed E-state index contributed by atoms with van der Waals surface area (Å²) in [5.74, 6) is 0.155. The Morgan fingerprint density at radius 3 is 2.94 bits per heavy atom. The van der Waals surface area contributed by atoms with Gasteiger partial charge in [-0.05, 0) is 12.8 Å². The van der Waals surface area contributed by atoms with E-state index in [-0.39, 0.29) is 17.9 Å². The molecule has 0 amide bonds. The highest BCUT2D eigenvalue weighted by atomic mass is 16.4. The number of carboxylic acids is 1. The number of anilines is 1. The topological polar surface area (TPSA) is 95.1 Å². The Labute approximate surface area is 92.7 Å². The van der Waals surface area contributed by atoms with Crippen LogP contribution >= 0.6 is 0 Å². The van der Waals surface area contributed by atoms with Crippen LogP contribution in [0, 0.1) is 12.8 Å². The molecule has 1 aromatic rings. The summed E-state index contributed by atoms with van der Waals surface area (Å²) in [5.41, 5.74) is -0.221. The lowest BCUT2D eigenvalue weighted by atomic mass is 10.1. The summed E-state index contributed by atoms with van der Waals surface area (Å²) < 4.78 is 0. The van der Waals surface area contributed by atoms with Gasteiger partial charge in [-0.25, -0.2) is 4.98 Å². The Bertz CT molecular complexity index is 428. The average Bonchev–Trinajstić information content (AvgIpc) is 2.12. The summed E-state index contributed by atoms with van der Waals surface area (Å²) in [6, 6.07) is 1.35. The third kappa shape index (κ3) is 4.12. The lowest BCUT2D eigenvalue weighted by Gasteiger charge is -2.10. The second kappa shape index (κ2) is 5.29. The molecule has 6 heteroatoms. The Morgan fingerprint density at radius 2 is 2.38 bits per heavy atom. The monoisotopic (exact) mass is 225 g/mol. The predicted molar refractivity (Wildman–Crippen MR) is 59.5 cm³/mol. The lowest BCUT2D eigenvalue weighted by Crippen LogP contribution is -2.18. The number of aromatic amines is 1. The fraction of sp³-hybridized carbons (Fsp3) is 0.500. The summed E-state index contributed by atoms with van der Waals surface area (Å²) in [6.45, 7) is 3.98. The first-order valence-corrected chi connectivity index (χ1v) is 5.01. The molecule has 1 rings (SSSR count). The van der Waals surface area contributed by atoms with Crippen LogP contribution < -0.4 is 10.9 Å². The molecule has 0 saturated carbocycles. The number of hydrogen-bond acceptors (Lipinski definition) is 4. The summed E-state index contributed by atoms with van der Waals surface area (Å²) in [7, 11) is 0. The van der Waals surface area contributed by atoms with Gasteiger partial charge in [0.25, 0.3) is 5.56 Å². The van der Waals surface area contributed by atoms with Crippen molar-refractivity contribution in [3.8, 4) is 0 Å². The van der Waals surface area contributed by atoms with E-state index in [1.165, 1.54) is 6.07 Å². The molecule has 0 saturated heterocycles. The highest BCUT2D eigenvalue weighted by Gasteiger charge is 2.07. The number of aromatic nitrogens is 2. The van der Waals surface area contributed by atoms with Crippen LogP contribution in [0.15, 0.2) is 10.9 Å². The van der Waals surface area contributed by atoms with Gasteiger partial charge < -0.3 is 15.4 Å². The minimum absolute atomic E-state index is 0.0149. The molecule has 1 heterocycles. The van der Waals surface area contributed by atoms with Gasteiger partial charge in [0.2, 0.25) is 0 Å². The van der Waals surface area contributed by atoms with Crippen LogP contribution in [0.5, 0.6) is 0 Å². The second-order valence-electron chi connectivity index (χ2n) is 3.80. The van der Waals surface area contributed by atoms with Crippen LogP contribution in [0.2, 0.25) is 0 Å². The zero-order chi connectivity index (χ0) is 12.1. The van der Waals surface area contributed by atoms with E-state index in [0.717, 1.165) is 0 Å². The number of carboxylic acid groups (broad SMARTS) is 1. The fourth-order valence-corrected chi connectivity index (χ4v) is 1.32. The maximum atomic E-state index is 11.1. The maximum absolute atomic E-state index is 11.1. The van der Waals surface area contributed by atoms with E-state index in [4.69, 9.17) is 5.11 Å². The number of H-pyrrole nitrogens is 1. The van der Waals surface area contributed by atoms with Crippen LogP contribution in [-0.2, 0) is 4.79 Å². The Hall–Kier alpha value is -1.85.